The Morgan fingerprint density at radius 1 is 1.25 bits per heavy atom. The molecule has 132 valence electrons. The number of carbonyl (C=O) groups excluding carboxylic acids is 1. The molecule has 2 amide bonds. The molecule has 0 aliphatic heterocycles. The highest BCUT2D eigenvalue weighted by Crippen LogP contribution is 2.24. The molecular formula is C17H23BrN2O4. The van der Waals surface area contributed by atoms with Crippen LogP contribution in [0, 0.1) is 5.92 Å². The zero-order valence-corrected chi connectivity index (χ0v) is 15.3. The van der Waals surface area contributed by atoms with Crippen molar-refractivity contribution in [2.24, 2.45) is 5.92 Å². The number of hydrogen-bond donors (Lipinski definition) is 2. The fourth-order valence-electron chi connectivity index (χ4n) is 2.70. The van der Waals surface area contributed by atoms with E-state index < -0.39 is 5.97 Å². The number of halogens is 1. The Morgan fingerprint density at radius 3 is 2.46 bits per heavy atom. The zero-order valence-electron chi connectivity index (χ0n) is 13.7. The Hall–Kier alpha value is -1.76. The van der Waals surface area contributed by atoms with Crippen LogP contribution >= 0.6 is 15.9 Å². The average Bonchev–Trinajstić information content (AvgIpc) is 2.57. The van der Waals surface area contributed by atoms with Crippen molar-refractivity contribution >= 4 is 27.9 Å². The van der Waals surface area contributed by atoms with Gasteiger partial charge in [-0.1, -0.05) is 15.9 Å². The summed E-state index contributed by atoms with van der Waals surface area (Å²) in [5.41, 5.74) is 0. The van der Waals surface area contributed by atoms with Crippen molar-refractivity contribution < 1.29 is 19.4 Å². The number of carbonyl (C=O) groups is 2. The van der Waals surface area contributed by atoms with E-state index in [4.69, 9.17) is 9.84 Å². The molecule has 0 spiro atoms. The van der Waals surface area contributed by atoms with E-state index >= 15 is 0 Å². The smallest absolute Gasteiger partial charge is 0.317 e. The SMILES string of the molecule is CN(CCOc1ccc(Br)cc1)C(=O)NC1CCC(C(=O)O)CC1. The summed E-state index contributed by atoms with van der Waals surface area (Å²) in [4.78, 5) is 24.7. The summed E-state index contributed by atoms with van der Waals surface area (Å²) in [6.07, 6.45) is 2.67. The summed E-state index contributed by atoms with van der Waals surface area (Å²) in [7, 11) is 1.73. The molecule has 0 saturated heterocycles. The number of carboxylic acid groups (broad SMARTS) is 1. The van der Waals surface area contributed by atoms with Crippen LogP contribution in [0.3, 0.4) is 0 Å². The summed E-state index contributed by atoms with van der Waals surface area (Å²) in [6.45, 7) is 0.893. The highest BCUT2D eigenvalue weighted by atomic mass is 79.9. The summed E-state index contributed by atoms with van der Waals surface area (Å²) in [5, 5.41) is 12.0. The molecule has 1 aliphatic carbocycles. The summed E-state index contributed by atoms with van der Waals surface area (Å²) in [6, 6.07) is 7.45. The lowest BCUT2D eigenvalue weighted by molar-refractivity contribution is -0.142. The molecule has 0 atom stereocenters. The van der Waals surface area contributed by atoms with Gasteiger partial charge in [-0.15, -0.1) is 0 Å². The van der Waals surface area contributed by atoms with Gasteiger partial charge < -0.3 is 20.1 Å². The number of nitrogens with zero attached hydrogens (tertiary/aromatic N) is 1. The van der Waals surface area contributed by atoms with Gasteiger partial charge in [0.25, 0.3) is 0 Å². The van der Waals surface area contributed by atoms with E-state index in [0.29, 0.717) is 38.8 Å². The Bertz CT molecular complexity index is 556. The summed E-state index contributed by atoms with van der Waals surface area (Å²) < 4.78 is 6.59. The van der Waals surface area contributed by atoms with Crippen molar-refractivity contribution in [3.63, 3.8) is 0 Å². The Labute approximate surface area is 150 Å². The van der Waals surface area contributed by atoms with Crippen LogP contribution in [0.4, 0.5) is 4.79 Å². The van der Waals surface area contributed by atoms with Gasteiger partial charge in [0, 0.05) is 17.6 Å². The number of ether oxygens (including phenoxy) is 1. The molecule has 0 aromatic heterocycles. The van der Waals surface area contributed by atoms with E-state index in [-0.39, 0.29) is 18.0 Å². The molecule has 1 aromatic carbocycles. The van der Waals surface area contributed by atoms with Gasteiger partial charge in [-0.25, -0.2) is 4.79 Å². The minimum atomic E-state index is -0.734. The first-order valence-electron chi connectivity index (χ1n) is 8.08. The molecule has 0 radical (unpaired) electrons. The van der Waals surface area contributed by atoms with E-state index in [1.165, 1.54) is 0 Å². The lowest BCUT2D eigenvalue weighted by atomic mass is 9.86. The van der Waals surface area contributed by atoms with Gasteiger partial charge in [-0.05, 0) is 49.9 Å². The van der Waals surface area contributed by atoms with Gasteiger partial charge >= 0.3 is 12.0 Å². The molecule has 1 aromatic rings. The van der Waals surface area contributed by atoms with Crippen LogP contribution < -0.4 is 10.1 Å². The van der Waals surface area contributed by atoms with Crippen LogP contribution in [0.1, 0.15) is 25.7 Å². The monoisotopic (exact) mass is 398 g/mol. The van der Waals surface area contributed by atoms with Gasteiger partial charge in [0.1, 0.15) is 12.4 Å². The van der Waals surface area contributed by atoms with Crippen molar-refractivity contribution in [1.29, 1.82) is 0 Å². The molecule has 0 bridgehead atoms. The normalized spacial score (nSPS) is 20.2. The molecule has 0 unspecified atom stereocenters. The summed E-state index contributed by atoms with van der Waals surface area (Å²) >= 11 is 3.37. The highest BCUT2D eigenvalue weighted by Gasteiger charge is 2.27. The molecule has 1 saturated carbocycles. The fraction of sp³-hybridized carbons (Fsp3) is 0.529. The third-order valence-electron chi connectivity index (χ3n) is 4.26. The first-order valence-corrected chi connectivity index (χ1v) is 8.88. The molecule has 0 heterocycles. The minimum absolute atomic E-state index is 0.0583. The van der Waals surface area contributed by atoms with Crippen LogP contribution in [0.15, 0.2) is 28.7 Å². The van der Waals surface area contributed by atoms with Gasteiger partial charge in [0.05, 0.1) is 12.5 Å². The maximum Gasteiger partial charge on any atom is 0.317 e. The summed E-state index contributed by atoms with van der Waals surface area (Å²) in [5.74, 6) is -0.240. The van der Waals surface area contributed by atoms with Crippen molar-refractivity contribution in [3.8, 4) is 5.75 Å². The van der Waals surface area contributed by atoms with Crippen LogP contribution in [-0.4, -0.2) is 48.2 Å². The van der Waals surface area contributed by atoms with Gasteiger partial charge in [-0.3, -0.25) is 4.79 Å². The third-order valence-corrected chi connectivity index (χ3v) is 4.79. The van der Waals surface area contributed by atoms with Crippen molar-refractivity contribution in [3.05, 3.63) is 28.7 Å². The molecule has 2 N–H and O–H groups in total. The maximum atomic E-state index is 12.2. The second-order valence-electron chi connectivity index (χ2n) is 6.06. The number of hydrogen-bond acceptors (Lipinski definition) is 3. The minimum Gasteiger partial charge on any atom is -0.492 e. The lowest BCUT2D eigenvalue weighted by Gasteiger charge is -2.28. The topological polar surface area (TPSA) is 78.9 Å². The third kappa shape index (κ3) is 5.70. The molecule has 7 heteroatoms. The van der Waals surface area contributed by atoms with Crippen molar-refractivity contribution in [2.45, 2.75) is 31.7 Å². The number of likely N-dealkylation sites (N-methyl/N-ethyl adjacent to an activating group) is 1. The molecule has 2 rings (SSSR count). The number of nitrogens with one attached hydrogen (secondary N) is 1. The molecular weight excluding hydrogens is 376 g/mol. The van der Waals surface area contributed by atoms with Crippen LogP contribution in [0.2, 0.25) is 0 Å². The second kappa shape index (κ2) is 8.92. The fourth-order valence-corrected chi connectivity index (χ4v) is 2.97. The number of urea groups is 1. The number of benzene rings is 1. The van der Waals surface area contributed by atoms with Gasteiger partial charge in [-0.2, -0.15) is 0 Å². The zero-order chi connectivity index (χ0) is 17.5. The van der Waals surface area contributed by atoms with E-state index in [1.807, 2.05) is 24.3 Å². The standard InChI is InChI=1S/C17H23BrN2O4/c1-20(10-11-24-15-8-4-13(18)5-9-15)17(23)19-14-6-2-12(3-7-14)16(21)22/h4-5,8-9,12,14H,2-3,6-7,10-11H2,1H3,(H,19,23)(H,21,22). The maximum absolute atomic E-state index is 12.2. The van der Waals surface area contributed by atoms with Crippen LogP contribution in [0.25, 0.3) is 0 Å². The quantitative estimate of drug-likeness (QED) is 0.771. The molecule has 6 nitrogen and oxygen atoms in total. The molecule has 24 heavy (non-hydrogen) atoms. The van der Waals surface area contributed by atoms with E-state index in [2.05, 4.69) is 21.2 Å². The Morgan fingerprint density at radius 2 is 1.88 bits per heavy atom. The first-order chi connectivity index (χ1) is 11.5. The van der Waals surface area contributed by atoms with E-state index in [9.17, 15) is 9.59 Å². The number of carboxylic acids is 1. The van der Waals surface area contributed by atoms with Crippen LogP contribution in [-0.2, 0) is 4.79 Å². The largest absolute Gasteiger partial charge is 0.492 e. The Kier molecular flexibility index (Phi) is 6.90. The van der Waals surface area contributed by atoms with Crippen molar-refractivity contribution in [2.75, 3.05) is 20.2 Å². The highest BCUT2D eigenvalue weighted by molar-refractivity contribution is 9.10. The van der Waals surface area contributed by atoms with Crippen molar-refractivity contribution in [1.82, 2.24) is 10.2 Å². The number of aliphatic carboxylic acids is 1. The number of amides is 2. The first kappa shape index (κ1) is 18.6. The Balaban J connectivity index is 1.67. The van der Waals surface area contributed by atoms with Crippen LogP contribution in [0.5, 0.6) is 5.75 Å². The lowest BCUT2D eigenvalue weighted by Crippen LogP contribution is -2.45. The second-order valence-corrected chi connectivity index (χ2v) is 6.98. The van der Waals surface area contributed by atoms with Gasteiger partial charge in [0.15, 0.2) is 0 Å². The molecule has 1 aliphatic rings. The average molecular weight is 399 g/mol. The van der Waals surface area contributed by atoms with Gasteiger partial charge in [0.2, 0.25) is 0 Å². The predicted molar refractivity (Wildman–Crippen MR) is 94.2 cm³/mol. The number of rotatable bonds is 6. The van der Waals surface area contributed by atoms with E-state index in [1.54, 1.807) is 11.9 Å². The van der Waals surface area contributed by atoms with E-state index in [0.717, 1.165) is 10.2 Å². The predicted octanol–water partition coefficient (Wildman–Crippen LogP) is 3.11. The molecule has 1 fully saturated rings.